The minimum Gasteiger partial charge on any atom is -0.462 e. The van der Waals surface area contributed by atoms with Gasteiger partial charge < -0.3 is 62.9 Å². The lowest BCUT2D eigenvalue weighted by Crippen LogP contribution is -2.58. The van der Waals surface area contributed by atoms with Crippen molar-refractivity contribution >= 4 is 11.9 Å². The standard InChI is InChI=1S/C49H73NO14/c1-25(2)43-28(5)17-18-48(64-43)23-35-20-34(63-48)16-15-27(4)44(26(3)13-12-14-33-24-57-46-42(52)29(6)19-36(47(53)60-35)49(33,46)54)61-40-22-38(56-11)45(31(8)59-40)62-39-21-37(55-10)41(30(7)58-39)50-32(9)51/h12-15,17-19,25-26,28,30-31,34-46,52,54H,16,20-24H2,1-11H3,(H,50,51)/b13-12+,27-15+,33-14+/t26-,28-,30-,31-,34+,35-,36?,37-,38-,39-,40-,41+,42+,43+,44-,45-,46+,48+,49+/m0/s1. The number of carbonyl (C=O) groups is 2. The quantitative estimate of drug-likeness (QED) is 0.216. The Hall–Kier alpha value is -2.80. The molecule has 6 heterocycles. The van der Waals surface area contributed by atoms with E-state index < -0.39 is 84.7 Å². The Balaban J connectivity index is 1.16. The van der Waals surface area contributed by atoms with Crippen molar-refractivity contribution in [2.45, 2.75) is 192 Å². The molecular formula is C49H73NO14. The number of hydrogen-bond donors (Lipinski definition) is 3. The van der Waals surface area contributed by atoms with Crippen LogP contribution in [0.2, 0.25) is 0 Å². The highest BCUT2D eigenvalue weighted by Gasteiger charge is 2.60. The lowest BCUT2D eigenvalue weighted by molar-refractivity contribution is -0.311. The Morgan fingerprint density at radius 3 is 2.31 bits per heavy atom. The monoisotopic (exact) mass is 900 g/mol. The molecule has 64 heavy (non-hydrogen) atoms. The van der Waals surface area contributed by atoms with Crippen LogP contribution in [-0.2, 0) is 57.0 Å². The van der Waals surface area contributed by atoms with E-state index in [1.54, 1.807) is 33.3 Å². The number of hydrogen-bond acceptors (Lipinski definition) is 14. The van der Waals surface area contributed by atoms with Gasteiger partial charge in [0.2, 0.25) is 5.91 Å². The van der Waals surface area contributed by atoms with Crippen molar-refractivity contribution in [3.63, 3.8) is 0 Å². The van der Waals surface area contributed by atoms with Gasteiger partial charge in [-0.1, -0.05) is 64.2 Å². The van der Waals surface area contributed by atoms with E-state index in [0.717, 1.165) is 5.57 Å². The van der Waals surface area contributed by atoms with Gasteiger partial charge in [-0.2, -0.15) is 0 Å². The molecule has 1 unspecified atom stereocenters. The molecule has 1 amide bonds. The van der Waals surface area contributed by atoms with Crippen molar-refractivity contribution in [1.82, 2.24) is 5.32 Å². The van der Waals surface area contributed by atoms with Gasteiger partial charge in [0.25, 0.3) is 0 Å². The van der Waals surface area contributed by atoms with Gasteiger partial charge in [0.1, 0.15) is 35.9 Å². The summed E-state index contributed by atoms with van der Waals surface area (Å²) in [4.78, 5) is 26.2. The molecule has 2 bridgehead atoms. The summed E-state index contributed by atoms with van der Waals surface area (Å²) in [6, 6.07) is -0.314. The van der Waals surface area contributed by atoms with E-state index in [2.05, 4.69) is 45.2 Å². The number of fused-ring (bicyclic) bond motifs is 2. The van der Waals surface area contributed by atoms with Crippen LogP contribution >= 0.6 is 0 Å². The molecule has 19 atom stereocenters. The summed E-state index contributed by atoms with van der Waals surface area (Å²) in [5, 5.41) is 26.7. The van der Waals surface area contributed by atoms with Gasteiger partial charge in [-0.3, -0.25) is 9.59 Å². The third kappa shape index (κ3) is 10.2. The fraction of sp³-hybridized carbons (Fsp3) is 0.755. The van der Waals surface area contributed by atoms with Crippen molar-refractivity contribution in [2.75, 3.05) is 20.8 Å². The normalized spacial score (nSPS) is 47.4. The van der Waals surface area contributed by atoms with Crippen LogP contribution < -0.4 is 5.32 Å². The summed E-state index contributed by atoms with van der Waals surface area (Å²) in [6.07, 6.45) is 8.46. The van der Waals surface area contributed by atoms with E-state index in [0.29, 0.717) is 36.8 Å². The maximum absolute atomic E-state index is 14.3. The predicted molar refractivity (Wildman–Crippen MR) is 234 cm³/mol. The number of esters is 1. The summed E-state index contributed by atoms with van der Waals surface area (Å²) < 4.78 is 64.2. The molecule has 0 aromatic heterocycles. The van der Waals surface area contributed by atoms with E-state index >= 15 is 0 Å². The van der Waals surface area contributed by atoms with Gasteiger partial charge in [-0.25, -0.2) is 0 Å². The van der Waals surface area contributed by atoms with Gasteiger partial charge in [0.05, 0.1) is 55.4 Å². The average molecular weight is 900 g/mol. The van der Waals surface area contributed by atoms with E-state index in [-0.39, 0.29) is 61.0 Å². The zero-order valence-electron chi connectivity index (χ0n) is 39.5. The Kier molecular flexibility index (Phi) is 15.5. The molecule has 7 rings (SSSR count). The van der Waals surface area contributed by atoms with E-state index in [4.69, 9.17) is 47.4 Å². The minimum atomic E-state index is -1.84. The van der Waals surface area contributed by atoms with Crippen molar-refractivity contribution in [3.05, 3.63) is 59.3 Å². The number of amides is 1. The van der Waals surface area contributed by atoms with Gasteiger partial charge in [0.15, 0.2) is 18.4 Å². The van der Waals surface area contributed by atoms with E-state index in [1.807, 2.05) is 39.0 Å². The molecule has 3 N–H and O–H groups in total. The summed E-state index contributed by atoms with van der Waals surface area (Å²) in [6.45, 7) is 17.5. The molecule has 0 aromatic rings. The Morgan fingerprint density at radius 2 is 1.61 bits per heavy atom. The molecule has 0 saturated carbocycles. The summed E-state index contributed by atoms with van der Waals surface area (Å²) in [5.74, 6) is -2.81. The van der Waals surface area contributed by atoms with Crippen molar-refractivity contribution in [3.8, 4) is 0 Å². The van der Waals surface area contributed by atoms with Crippen LogP contribution in [0.5, 0.6) is 0 Å². The summed E-state index contributed by atoms with van der Waals surface area (Å²) in [5.41, 5.74) is 0.112. The van der Waals surface area contributed by atoms with E-state index in [9.17, 15) is 19.8 Å². The van der Waals surface area contributed by atoms with Crippen molar-refractivity contribution in [1.29, 1.82) is 0 Å². The predicted octanol–water partition coefficient (Wildman–Crippen LogP) is 5.13. The Labute approximate surface area is 378 Å². The molecule has 15 nitrogen and oxygen atoms in total. The average Bonchev–Trinajstić information content (AvgIpc) is 3.58. The molecule has 0 radical (unpaired) electrons. The fourth-order valence-electron chi connectivity index (χ4n) is 10.9. The van der Waals surface area contributed by atoms with Crippen LogP contribution in [0.1, 0.15) is 94.4 Å². The number of nitrogens with one attached hydrogen (secondary N) is 1. The largest absolute Gasteiger partial charge is 0.462 e. The molecule has 15 heteroatoms. The second kappa shape index (κ2) is 20.2. The number of ether oxygens (including phenoxy) is 10. The second-order valence-corrected chi connectivity index (χ2v) is 19.5. The molecule has 1 spiro atoms. The number of aliphatic hydroxyl groups is 2. The van der Waals surface area contributed by atoms with Gasteiger partial charge >= 0.3 is 5.97 Å². The summed E-state index contributed by atoms with van der Waals surface area (Å²) in [7, 11) is 3.27. The lowest BCUT2D eigenvalue weighted by Gasteiger charge is -2.48. The van der Waals surface area contributed by atoms with Crippen LogP contribution in [0.25, 0.3) is 0 Å². The van der Waals surface area contributed by atoms with Gasteiger partial charge in [-0.05, 0) is 62.8 Å². The SMILES string of the molecule is CO[C@H]1C[C@H](O[C@H]2[C@H](C)O[C@@H](O[C@@H]3/C(C)=C/C[C@@H]4C[C@@H](C[C@]5(C=C[C@H](C)[C@@H](C(C)C)O5)O4)OC(=O)C4C=C(C)[C@@H](O)[C@H]5OC/C(=C\C=C\[C@@H]3C)[C@@]45O)C[C@@H]2OC)O[C@@H](C)[C@H]1NC(C)=O. The van der Waals surface area contributed by atoms with E-state index in [1.165, 1.54) is 6.92 Å². The number of allylic oxidation sites excluding steroid dienone is 2. The lowest BCUT2D eigenvalue weighted by atomic mass is 9.71. The highest BCUT2D eigenvalue weighted by atomic mass is 16.7. The molecule has 4 fully saturated rings. The third-order valence-corrected chi connectivity index (χ3v) is 14.4. The highest BCUT2D eigenvalue weighted by molar-refractivity contribution is 5.78. The van der Waals surface area contributed by atoms with Gasteiger partial charge in [0, 0.05) is 58.7 Å². The number of methoxy groups -OCH3 is 2. The van der Waals surface area contributed by atoms with Gasteiger partial charge in [-0.15, -0.1) is 0 Å². The Morgan fingerprint density at radius 1 is 0.906 bits per heavy atom. The maximum atomic E-state index is 14.3. The smallest absolute Gasteiger partial charge is 0.316 e. The maximum Gasteiger partial charge on any atom is 0.316 e. The van der Waals surface area contributed by atoms with Crippen LogP contribution in [0.3, 0.4) is 0 Å². The van der Waals surface area contributed by atoms with Crippen LogP contribution in [0, 0.1) is 23.7 Å². The van der Waals surface area contributed by atoms with Crippen LogP contribution in [-0.4, -0.2) is 140 Å². The molecule has 0 aromatic carbocycles. The first-order chi connectivity index (χ1) is 30.4. The zero-order valence-corrected chi connectivity index (χ0v) is 39.5. The number of carbonyl (C=O) groups excluding carboxylic acids is 2. The topological polar surface area (TPSA) is 179 Å². The molecule has 4 saturated heterocycles. The van der Waals surface area contributed by atoms with Crippen molar-refractivity contribution < 1.29 is 67.2 Å². The molecule has 1 aliphatic carbocycles. The summed E-state index contributed by atoms with van der Waals surface area (Å²) >= 11 is 0. The fourth-order valence-corrected chi connectivity index (χ4v) is 10.9. The minimum absolute atomic E-state index is 0.0266. The molecule has 358 valence electrons. The second-order valence-electron chi connectivity index (χ2n) is 19.5. The number of aliphatic hydroxyl groups excluding tert-OH is 1. The first-order valence-corrected chi connectivity index (χ1v) is 23.3. The van der Waals surface area contributed by atoms with Crippen molar-refractivity contribution in [2.24, 2.45) is 23.7 Å². The molecule has 6 aliphatic heterocycles. The van der Waals surface area contributed by atoms with Crippen LogP contribution in [0.15, 0.2) is 59.3 Å². The highest BCUT2D eigenvalue weighted by Crippen LogP contribution is 2.47. The Bertz CT molecular complexity index is 1830. The van der Waals surface area contributed by atoms with Crippen LogP contribution in [0.4, 0.5) is 0 Å². The first kappa shape index (κ1) is 49.1. The first-order valence-electron chi connectivity index (χ1n) is 23.3. The number of rotatable bonds is 8. The zero-order chi connectivity index (χ0) is 46.2. The third-order valence-electron chi connectivity index (χ3n) is 14.4. The molecule has 7 aliphatic rings. The molecular weight excluding hydrogens is 827 g/mol.